The molecule has 184 valence electrons. The molecule has 0 radical (unpaired) electrons. The predicted octanol–water partition coefficient (Wildman–Crippen LogP) is 4.34. The molecule has 2 saturated heterocycles. The Bertz CT molecular complexity index is 1230. The third kappa shape index (κ3) is 4.07. The van der Waals surface area contributed by atoms with Gasteiger partial charge in [0.05, 0.1) is 24.9 Å². The predicted molar refractivity (Wildman–Crippen MR) is 134 cm³/mol. The van der Waals surface area contributed by atoms with Crippen LogP contribution < -0.4 is 14.5 Å². The summed E-state index contributed by atoms with van der Waals surface area (Å²) in [5.74, 6) is 3.26. The SMILES string of the molecule is COc1ccccc1C1CCN(c2nc(C3(F)CCC3)nc3cnc(N4CC[C@@H](O)C4)cc23)CC1. The largest absolute Gasteiger partial charge is 0.496 e. The monoisotopic (exact) mass is 477 g/mol. The number of hydrogen-bond acceptors (Lipinski definition) is 7. The third-order valence-electron chi connectivity index (χ3n) is 7.96. The average molecular weight is 478 g/mol. The maximum absolute atomic E-state index is 15.4. The van der Waals surface area contributed by atoms with Crippen molar-refractivity contribution >= 4 is 22.5 Å². The third-order valence-corrected chi connectivity index (χ3v) is 7.96. The summed E-state index contributed by atoms with van der Waals surface area (Å²) in [6, 6.07) is 10.3. The zero-order chi connectivity index (χ0) is 24.0. The van der Waals surface area contributed by atoms with Crippen molar-refractivity contribution < 1.29 is 14.2 Å². The highest BCUT2D eigenvalue weighted by Crippen LogP contribution is 2.45. The lowest BCUT2D eigenvalue weighted by atomic mass is 9.81. The van der Waals surface area contributed by atoms with Gasteiger partial charge in [-0.25, -0.2) is 19.3 Å². The second-order valence-corrected chi connectivity index (χ2v) is 10.1. The van der Waals surface area contributed by atoms with Crippen molar-refractivity contribution in [3.8, 4) is 5.75 Å². The minimum Gasteiger partial charge on any atom is -0.496 e. The average Bonchev–Trinajstić information content (AvgIpc) is 3.32. The van der Waals surface area contributed by atoms with Crippen LogP contribution in [0.25, 0.3) is 10.9 Å². The van der Waals surface area contributed by atoms with Crippen LogP contribution in [0.2, 0.25) is 0 Å². The molecule has 3 aliphatic rings. The number of aliphatic hydroxyl groups excluding tert-OH is 1. The van der Waals surface area contributed by atoms with Crippen molar-refractivity contribution in [3.05, 3.63) is 47.9 Å². The van der Waals surface area contributed by atoms with Gasteiger partial charge < -0.3 is 19.6 Å². The van der Waals surface area contributed by atoms with Crippen LogP contribution in [-0.4, -0.2) is 59.5 Å². The van der Waals surface area contributed by atoms with Gasteiger partial charge in [-0.05, 0) is 62.1 Å². The van der Waals surface area contributed by atoms with Crippen LogP contribution in [0, 0.1) is 0 Å². The topological polar surface area (TPSA) is 74.6 Å². The number of aliphatic hydroxyl groups is 1. The van der Waals surface area contributed by atoms with E-state index in [0.29, 0.717) is 36.6 Å². The number of piperidine rings is 1. The van der Waals surface area contributed by atoms with Gasteiger partial charge in [0.1, 0.15) is 17.4 Å². The Morgan fingerprint density at radius 1 is 1.06 bits per heavy atom. The molecule has 3 aromatic rings. The van der Waals surface area contributed by atoms with E-state index in [1.165, 1.54) is 5.56 Å². The van der Waals surface area contributed by atoms with E-state index in [9.17, 15) is 5.11 Å². The Morgan fingerprint density at radius 3 is 2.51 bits per heavy atom. The molecule has 0 unspecified atom stereocenters. The molecule has 0 spiro atoms. The number of pyridine rings is 1. The number of benzene rings is 1. The zero-order valence-electron chi connectivity index (χ0n) is 20.2. The molecule has 1 aliphatic carbocycles. The van der Waals surface area contributed by atoms with Gasteiger partial charge in [0, 0.05) is 31.6 Å². The Kier molecular flexibility index (Phi) is 5.71. The number of anilines is 2. The number of rotatable bonds is 5. The summed E-state index contributed by atoms with van der Waals surface area (Å²) in [6.07, 6.45) is 5.92. The first-order chi connectivity index (χ1) is 17.0. The van der Waals surface area contributed by atoms with Crippen molar-refractivity contribution in [2.24, 2.45) is 0 Å². The van der Waals surface area contributed by atoms with Crippen LogP contribution in [0.1, 0.15) is 55.8 Å². The van der Waals surface area contributed by atoms with Gasteiger partial charge in [0.15, 0.2) is 11.5 Å². The Hall–Kier alpha value is -3.00. The first-order valence-corrected chi connectivity index (χ1v) is 12.7. The van der Waals surface area contributed by atoms with Gasteiger partial charge in [-0.1, -0.05) is 18.2 Å². The van der Waals surface area contributed by atoms with E-state index in [-0.39, 0.29) is 6.10 Å². The molecule has 4 heterocycles. The first kappa shape index (κ1) is 22.5. The molecule has 0 bridgehead atoms. The van der Waals surface area contributed by atoms with Gasteiger partial charge in [-0.2, -0.15) is 0 Å². The van der Waals surface area contributed by atoms with E-state index < -0.39 is 5.67 Å². The van der Waals surface area contributed by atoms with Crippen molar-refractivity contribution in [3.63, 3.8) is 0 Å². The number of halogens is 1. The number of methoxy groups -OCH3 is 1. The van der Waals surface area contributed by atoms with Crippen LogP contribution in [-0.2, 0) is 5.67 Å². The van der Waals surface area contributed by atoms with Crippen molar-refractivity contribution in [2.75, 3.05) is 43.1 Å². The lowest BCUT2D eigenvalue weighted by Crippen LogP contribution is -2.36. The molecule has 7 nitrogen and oxygen atoms in total. The smallest absolute Gasteiger partial charge is 0.170 e. The first-order valence-electron chi connectivity index (χ1n) is 12.7. The second kappa shape index (κ2) is 8.90. The standard InChI is InChI=1S/C27H32FN5O2/c1-35-23-6-3-2-5-20(23)18-7-12-32(13-8-18)25-21-15-24(33-14-9-19(34)17-33)29-16-22(21)30-26(31-25)27(28)10-4-11-27/h2-3,5-6,15-16,18-19,34H,4,7-14,17H2,1H3/t19-/m1/s1. The van der Waals surface area contributed by atoms with Crippen molar-refractivity contribution in [1.82, 2.24) is 15.0 Å². The summed E-state index contributed by atoms with van der Waals surface area (Å²) in [5, 5.41) is 10.9. The highest BCUT2D eigenvalue weighted by molar-refractivity contribution is 5.91. The molecule has 6 rings (SSSR count). The highest BCUT2D eigenvalue weighted by Gasteiger charge is 2.42. The molecule has 1 aromatic carbocycles. The number of aromatic nitrogens is 3. The van der Waals surface area contributed by atoms with Crippen molar-refractivity contribution in [1.29, 1.82) is 0 Å². The number of fused-ring (bicyclic) bond motifs is 1. The van der Waals surface area contributed by atoms with Crippen LogP contribution >= 0.6 is 0 Å². The van der Waals surface area contributed by atoms with Gasteiger partial charge in [-0.15, -0.1) is 0 Å². The normalized spacial score (nSPS) is 22.4. The molecular formula is C27H32FN5O2. The Labute approximate surface area is 205 Å². The van der Waals surface area contributed by atoms with Crippen LogP contribution in [0.4, 0.5) is 16.0 Å². The second-order valence-electron chi connectivity index (χ2n) is 10.1. The summed E-state index contributed by atoms with van der Waals surface area (Å²) in [5.41, 5.74) is 0.500. The van der Waals surface area contributed by atoms with E-state index in [4.69, 9.17) is 9.72 Å². The fourth-order valence-corrected chi connectivity index (χ4v) is 5.69. The molecular weight excluding hydrogens is 445 g/mol. The Balaban J connectivity index is 1.34. The Morgan fingerprint density at radius 2 is 1.83 bits per heavy atom. The van der Waals surface area contributed by atoms with Gasteiger partial charge >= 0.3 is 0 Å². The molecule has 1 atom stereocenters. The van der Waals surface area contributed by atoms with Gasteiger partial charge in [0.2, 0.25) is 0 Å². The number of ether oxygens (including phenoxy) is 1. The molecule has 3 fully saturated rings. The van der Waals surface area contributed by atoms with E-state index in [1.807, 2.05) is 18.2 Å². The summed E-state index contributed by atoms with van der Waals surface area (Å²) < 4.78 is 21.0. The van der Waals surface area contributed by atoms with Gasteiger partial charge in [-0.3, -0.25) is 0 Å². The van der Waals surface area contributed by atoms with E-state index in [2.05, 4.69) is 31.9 Å². The van der Waals surface area contributed by atoms with Crippen LogP contribution in [0.15, 0.2) is 36.5 Å². The molecule has 2 aromatic heterocycles. The minimum absolute atomic E-state index is 0.296. The summed E-state index contributed by atoms with van der Waals surface area (Å²) in [7, 11) is 1.72. The fraction of sp³-hybridized carbons (Fsp3) is 0.519. The molecule has 1 N–H and O–H groups in total. The van der Waals surface area contributed by atoms with Crippen LogP contribution in [0.3, 0.4) is 0 Å². The summed E-state index contributed by atoms with van der Waals surface area (Å²) in [4.78, 5) is 18.5. The summed E-state index contributed by atoms with van der Waals surface area (Å²) in [6.45, 7) is 3.00. The minimum atomic E-state index is -1.43. The number of hydrogen-bond donors (Lipinski definition) is 1. The van der Waals surface area contributed by atoms with Crippen molar-refractivity contribution in [2.45, 2.75) is 56.2 Å². The maximum atomic E-state index is 15.4. The lowest BCUT2D eigenvalue weighted by Gasteiger charge is -2.36. The zero-order valence-corrected chi connectivity index (χ0v) is 20.2. The van der Waals surface area contributed by atoms with Gasteiger partial charge in [0.25, 0.3) is 0 Å². The number of para-hydroxylation sites is 1. The molecule has 2 aliphatic heterocycles. The number of alkyl halides is 1. The maximum Gasteiger partial charge on any atom is 0.170 e. The number of nitrogens with zero attached hydrogens (tertiary/aromatic N) is 5. The molecule has 1 saturated carbocycles. The van der Waals surface area contributed by atoms with E-state index >= 15 is 4.39 Å². The quantitative estimate of drug-likeness (QED) is 0.586. The fourth-order valence-electron chi connectivity index (χ4n) is 5.69. The van der Waals surface area contributed by atoms with E-state index in [1.54, 1.807) is 13.3 Å². The molecule has 8 heteroatoms. The van der Waals surface area contributed by atoms with Crippen LogP contribution in [0.5, 0.6) is 5.75 Å². The molecule has 35 heavy (non-hydrogen) atoms. The highest BCUT2D eigenvalue weighted by atomic mass is 19.1. The summed E-state index contributed by atoms with van der Waals surface area (Å²) >= 11 is 0. The number of β-amino-alcohol motifs (C(OH)–C–C–N with tert-alkyl or cyclic N) is 1. The lowest BCUT2D eigenvalue weighted by molar-refractivity contribution is 0.0512. The molecule has 0 amide bonds. The van der Waals surface area contributed by atoms with E-state index in [0.717, 1.165) is 68.1 Å².